The molecule has 4 heteroatoms. The molecule has 0 spiro atoms. The predicted molar refractivity (Wildman–Crippen MR) is 69.2 cm³/mol. The number of carbonyl (C=O) groups is 1. The normalized spacial score (nSPS) is 17.7. The summed E-state index contributed by atoms with van der Waals surface area (Å²) < 4.78 is 0. The van der Waals surface area contributed by atoms with Gasteiger partial charge in [-0.1, -0.05) is 20.8 Å². The van der Waals surface area contributed by atoms with Gasteiger partial charge in [0.25, 0.3) is 0 Å². The molecule has 0 aromatic carbocycles. The van der Waals surface area contributed by atoms with Crippen LogP contribution in [-0.2, 0) is 4.79 Å². The van der Waals surface area contributed by atoms with E-state index < -0.39 is 12.0 Å². The molecule has 100 valence electrons. The summed E-state index contributed by atoms with van der Waals surface area (Å²) in [4.78, 5) is 13.5. The molecular formula is C13H26N2O2. The lowest BCUT2D eigenvalue weighted by molar-refractivity contribution is -0.140. The summed E-state index contributed by atoms with van der Waals surface area (Å²) >= 11 is 0. The molecule has 1 aliphatic rings. The summed E-state index contributed by atoms with van der Waals surface area (Å²) in [6.45, 7) is 8.84. The number of hydrogen-bond donors (Lipinski definition) is 2. The fourth-order valence-corrected chi connectivity index (χ4v) is 2.06. The molecule has 1 fully saturated rings. The molecular weight excluding hydrogens is 216 g/mol. The van der Waals surface area contributed by atoms with Gasteiger partial charge in [0.05, 0.1) is 0 Å². The molecule has 1 unspecified atom stereocenters. The van der Waals surface area contributed by atoms with Crippen LogP contribution in [0, 0.1) is 5.92 Å². The minimum absolute atomic E-state index is 0.422. The average molecular weight is 242 g/mol. The molecule has 1 rings (SSSR count). The Morgan fingerprint density at radius 3 is 2.47 bits per heavy atom. The van der Waals surface area contributed by atoms with Crippen LogP contribution in [-0.4, -0.2) is 47.7 Å². The molecule has 0 saturated heterocycles. The standard InChI is InChI=1S/C13H26N2O2/c1-4-7-14-12(13(16)17)9-15(8-10(2)3)11-5-6-11/h10-12,14H,4-9H2,1-3H3,(H,16,17). The Balaban J connectivity index is 2.46. The number of nitrogens with one attached hydrogen (secondary N) is 1. The van der Waals surface area contributed by atoms with Crippen molar-refractivity contribution >= 4 is 5.97 Å². The number of carboxylic acid groups (broad SMARTS) is 1. The third-order valence-corrected chi connectivity index (χ3v) is 3.02. The van der Waals surface area contributed by atoms with Gasteiger partial charge in [0.15, 0.2) is 0 Å². The molecule has 0 amide bonds. The fraction of sp³-hybridized carbons (Fsp3) is 0.923. The van der Waals surface area contributed by atoms with Crippen molar-refractivity contribution in [1.29, 1.82) is 0 Å². The second-order valence-corrected chi connectivity index (χ2v) is 5.42. The topological polar surface area (TPSA) is 52.6 Å². The van der Waals surface area contributed by atoms with E-state index in [4.69, 9.17) is 0 Å². The van der Waals surface area contributed by atoms with E-state index in [0.717, 1.165) is 19.5 Å². The van der Waals surface area contributed by atoms with Crippen LogP contribution in [0.4, 0.5) is 0 Å². The minimum atomic E-state index is -0.729. The fourth-order valence-electron chi connectivity index (χ4n) is 2.06. The van der Waals surface area contributed by atoms with Crippen LogP contribution < -0.4 is 5.32 Å². The van der Waals surface area contributed by atoms with Crippen LogP contribution >= 0.6 is 0 Å². The van der Waals surface area contributed by atoms with Gasteiger partial charge in [-0.3, -0.25) is 9.69 Å². The minimum Gasteiger partial charge on any atom is -0.480 e. The summed E-state index contributed by atoms with van der Waals surface area (Å²) in [5.41, 5.74) is 0. The Hall–Kier alpha value is -0.610. The zero-order chi connectivity index (χ0) is 12.8. The van der Waals surface area contributed by atoms with Crippen molar-refractivity contribution in [2.45, 2.75) is 52.1 Å². The molecule has 1 atom stereocenters. The zero-order valence-corrected chi connectivity index (χ0v) is 11.3. The first-order chi connectivity index (χ1) is 8.04. The quantitative estimate of drug-likeness (QED) is 0.644. The Labute approximate surface area is 104 Å². The number of aliphatic carboxylic acids is 1. The van der Waals surface area contributed by atoms with Crippen LogP contribution in [0.1, 0.15) is 40.0 Å². The van der Waals surface area contributed by atoms with Crippen molar-refractivity contribution in [3.63, 3.8) is 0 Å². The van der Waals surface area contributed by atoms with Gasteiger partial charge in [-0.25, -0.2) is 0 Å². The van der Waals surface area contributed by atoms with Gasteiger partial charge in [0, 0.05) is 19.1 Å². The first kappa shape index (κ1) is 14.5. The third kappa shape index (κ3) is 5.50. The molecule has 2 N–H and O–H groups in total. The highest BCUT2D eigenvalue weighted by Crippen LogP contribution is 2.27. The van der Waals surface area contributed by atoms with E-state index in [1.807, 2.05) is 0 Å². The maximum Gasteiger partial charge on any atom is 0.322 e. The van der Waals surface area contributed by atoms with E-state index >= 15 is 0 Å². The van der Waals surface area contributed by atoms with Crippen molar-refractivity contribution in [2.24, 2.45) is 5.92 Å². The summed E-state index contributed by atoms with van der Waals surface area (Å²) in [7, 11) is 0. The van der Waals surface area contributed by atoms with E-state index in [2.05, 4.69) is 31.0 Å². The molecule has 0 heterocycles. The van der Waals surface area contributed by atoms with Crippen molar-refractivity contribution in [3.8, 4) is 0 Å². The molecule has 0 aromatic heterocycles. The summed E-state index contributed by atoms with van der Waals surface area (Å²) in [5.74, 6) is -0.135. The van der Waals surface area contributed by atoms with Gasteiger partial charge in [-0.05, 0) is 31.7 Å². The van der Waals surface area contributed by atoms with Gasteiger partial charge < -0.3 is 10.4 Å². The maximum atomic E-state index is 11.2. The lowest BCUT2D eigenvalue weighted by atomic mass is 10.1. The molecule has 4 nitrogen and oxygen atoms in total. The van der Waals surface area contributed by atoms with Crippen LogP contribution in [0.25, 0.3) is 0 Å². The SMILES string of the molecule is CCCNC(CN(CC(C)C)C1CC1)C(=O)O. The maximum absolute atomic E-state index is 11.2. The van der Waals surface area contributed by atoms with Gasteiger partial charge >= 0.3 is 5.97 Å². The van der Waals surface area contributed by atoms with E-state index in [1.54, 1.807) is 0 Å². The number of carboxylic acids is 1. The Morgan fingerprint density at radius 1 is 1.41 bits per heavy atom. The van der Waals surface area contributed by atoms with Crippen molar-refractivity contribution in [3.05, 3.63) is 0 Å². The summed E-state index contributed by atoms with van der Waals surface area (Å²) in [6, 6.07) is 0.206. The van der Waals surface area contributed by atoms with Gasteiger partial charge in [0.1, 0.15) is 6.04 Å². The van der Waals surface area contributed by atoms with Gasteiger partial charge in [-0.15, -0.1) is 0 Å². The van der Waals surface area contributed by atoms with E-state index in [0.29, 0.717) is 18.5 Å². The second kappa shape index (κ2) is 6.97. The largest absolute Gasteiger partial charge is 0.480 e. The van der Waals surface area contributed by atoms with Crippen molar-refractivity contribution < 1.29 is 9.90 Å². The number of hydrogen-bond acceptors (Lipinski definition) is 3. The smallest absolute Gasteiger partial charge is 0.322 e. The van der Waals surface area contributed by atoms with E-state index in [9.17, 15) is 9.90 Å². The van der Waals surface area contributed by atoms with Gasteiger partial charge in [-0.2, -0.15) is 0 Å². The molecule has 0 aromatic rings. The zero-order valence-electron chi connectivity index (χ0n) is 11.3. The van der Waals surface area contributed by atoms with Crippen LogP contribution in [0.5, 0.6) is 0 Å². The van der Waals surface area contributed by atoms with E-state index in [1.165, 1.54) is 12.8 Å². The third-order valence-electron chi connectivity index (χ3n) is 3.02. The van der Waals surface area contributed by atoms with Gasteiger partial charge in [0.2, 0.25) is 0 Å². The molecule has 17 heavy (non-hydrogen) atoms. The Morgan fingerprint density at radius 2 is 2.06 bits per heavy atom. The van der Waals surface area contributed by atoms with E-state index in [-0.39, 0.29) is 0 Å². The monoisotopic (exact) mass is 242 g/mol. The Bertz CT molecular complexity index is 240. The highest BCUT2D eigenvalue weighted by Gasteiger charge is 2.32. The molecule has 0 radical (unpaired) electrons. The highest BCUT2D eigenvalue weighted by atomic mass is 16.4. The first-order valence-corrected chi connectivity index (χ1v) is 6.74. The Kier molecular flexibility index (Phi) is 5.92. The second-order valence-electron chi connectivity index (χ2n) is 5.42. The molecule has 1 saturated carbocycles. The lowest BCUT2D eigenvalue weighted by Crippen LogP contribution is -2.48. The summed E-state index contributed by atoms with van der Waals surface area (Å²) in [5, 5.41) is 12.3. The van der Waals surface area contributed by atoms with Crippen LogP contribution in [0.3, 0.4) is 0 Å². The lowest BCUT2D eigenvalue weighted by Gasteiger charge is -2.27. The van der Waals surface area contributed by atoms with Crippen LogP contribution in [0.2, 0.25) is 0 Å². The molecule has 0 bridgehead atoms. The predicted octanol–water partition coefficient (Wildman–Crippen LogP) is 1.56. The van der Waals surface area contributed by atoms with Crippen molar-refractivity contribution in [1.82, 2.24) is 10.2 Å². The summed E-state index contributed by atoms with van der Waals surface area (Å²) in [6.07, 6.45) is 3.43. The van der Waals surface area contributed by atoms with Crippen LogP contribution in [0.15, 0.2) is 0 Å². The number of rotatable bonds is 9. The highest BCUT2D eigenvalue weighted by molar-refractivity contribution is 5.73. The number of nitrogens with zero attached hydrogens (tertiary/aromatic N) is 1. The first-order valence-electron chi connectivity index (χ1n) is 6.74. The van der Waals surface area contributed by atoms with Crippen molar-refractivity contribution in [2.75, 3.05) is 19.6 Å². The molecule has 1 aliphatic carbocycles. The average Bonchev–Trinajstić information content (AvgIpc) is 3.05. The molecule has 0 aliphatic heterocycles.